The lowest BCUT2D eigenvalue weighted by Crippen LogP contribution is -2.31. The normalized spacial score (nSPS) is 10.7. The Bertz CT molecular complexity index is 1070. The Morgan fingerprint density at radius 3 is 2.54 bits per heavy atom. The van der Waals surface area contributed by atoms with E-state index in [-0.39, 0.29) is 17.9 Å². The Hall–Kier alpha value is -3.35. The van der Waals surface area contributed by atoms with Crippen LogP contribution in [0.3, 0.4) is 0 Å². The van der Waals surface area contributed by atoms with E-state index >= 15 is 0 Å². The summed E-state index contributed by atoms with van der Waals surface area (Å²) in [6.07, 6.45) is 1.24. The lowest BCUT2D eigenvalue weighted by atomic mass is 10.1. The van der Waals surface area contributed by atoms with E-state index in [1.165, 1.54) is 6.20 Å². The number of rotatable bonds is 6. The van der Waals surface area contributed by atoms with Crippen LogP contribution in [0.5, 0.6) is 11.5 Å². The zero-order valence-corrected chi connectivity index (χ0v) is 16.4. The highest BCUT2D eigenvalue weighted by molar-refractivity contribution is 5.81. The molecule has 0 aliphatic rings. The number of methoxy groups -OCH3 is 2. The minimum Gasteiger partial charge on any atom is -0.493 e. The van der Waals surface area contributed by atoms with Crippen LogP contribution in [0.2, 0.25) is 0 Å². The number of hydrogen-bond donors (Lipinski definition) is 0. The molecule has 0 aliphatic carbocycles. The summed E-state index contributed by atoms with van der Waals surface area (Å²) in [5.74, 6) is 1.16. The third-order valence-electron chi connectivity index (χ3n) is 4.72. The number of para-hydroxylation sites is 1. The zero-order valence-electron chi connectivity index (χ0n) is 16.4. The van der Waals surface area contributed by atoms with Crippen LogP contribution in [0.15, 0.2) is 47.4 Å². The van der Waals surface area contributed by atoms with E-state index in [1.807, 2.05) is 25.1 Å². The fourth-order valence-corrected chi connectivity index (χ4v) is 3.07. The Morgan fingerprint density at radius 1 is 1.14 bits per heavy atom. The van der Waals surface area contributed by atoms with Crippen LogP contribution in [0.25, 0.3) is 10.9 Å². The molecule has 1 aromatic heterocycles. The lowest BCUT2D eigenvalue weighted by molar-refractivity contribution is -0.131. The van der Waals surface area contributed by atoms with Crippen molar-refractivity contribution in [3.63, 3.8) is 0 Å². The molecule has 0 saturated heterocycles. The number of fused-ring (bicyclic) bond motifs is 1. The number of likely N-dealkylation sites (N-methyl/N-ethyl adjacent to an activating group) is 1. The monoisotopic (exact) mass is 381 g/mol. The van der Waals surface area contributed by atoms with Crippen molar-refractivity contribution in [1.82, 2.24) is 14.7 Å². The van der Waals surface area contributed by atoms with Crippen molar-refractivity contribution < 1.29 is 14.3 Å². The minimum absolute atomic E-state index is 0.0453. The highest BCUT2D eigenvalue weighted by Crippen LogP contribution is 2.30. The molecule has 0 saturated carbocycles. The number of aryl methyl sites for hydroxylation is 1. The second kappa shape index (κ2) is 8.12. The largest absolute Gasteiger partial charge is 0.493 e. The summed E-state index contributed by atoms with van der Waals surface area (Å²) in [7, 11) is 4.91. The van der Waals surface area contributed by atoms with Crippen molar-refractivity contribution in [2.24, 2.45) is 0 Å². The molecule has 146 valence electrons. The van der Waals surface area contributed by atoms with Gasteiger partial charge < -0.3 is 14.4 Å². The molecule has 0 aliphatic heterocycles. The van der Waals surface area contributed by atoms with E-state index < -0.39 is 0 Å². The van der Waals surface area contributed by atoms with Gasteiger partial charge in [0.1, 0.15) is 6.54 Å². The molecule has 0 N–H and O–H groups in total. The Balaban J connectivity index is 1.81. The quantitative estimate of drug-likeness (QED) is 0.655. The number of nitrogens with zero attached hydrogens (tertiary/aromatic N) is 3. The summed E-state index contributed by atoms with van der Waals surface area (Å²) in [6, 6.07) is 10.9. The van der Waals surface area contributed by atoms with Crippen LogP contribution in [-0.2, 0) is 17.9 Å². The highest BCUT2D eigenvalue weighted by atomic mass is 16.5. The van der Waals surface area contributed by atoms with Crippen LogP contribution in [0.1, 0.15) is 11.1 Å². The Morgan fingerprint density at radius 2 is 1.82 bits per heavy atom. The molecule has 2 aromatic carbocycles. The molecule has 7 heteroatoms. The fourth-order valence-electron chi connectivity index (χ4n) is 3.07. The average Bonchev–Trinajstić information content (AvgIpc) is 2.71. The molecule has 0 radical (unpaired) electrons. The van der Waals surface area contributed by atoms with E-state index in [9.17, 15) is 9.59 Å². The van der Waals surface area contributed by atoms with E-state index in [0.717, 1.165) is 11.1 Å². The van der Waals surface area contributed by atoms with Gasteiger partial charge in [-0.05, 0) is 42.3 Å². The predicted octanol–water partition coefficient (Wildman–Crippen LogP) is 2.38. The Kier molecular flexibility index (Phi) is 5.63. The van der Waals surface area contributed by atoms with Crippen LogP contribution in [-0.4, -0.2) is 41.9 Å². The summed E-state index contributed by atoms with van der Waals surface area (Å²) in [5, 5.41) is 4.67. The molecule has 0 fully saturated rings. The molecule has 28 heavy (non-hydrogen) atoms. The lowest BCUT2D eigenvalue weighted by Gasteiger charge is -2.20. The SMILES string of the molecule is COc1cc(C)c(CN(C)C(=O)Cn2ncc(=O)c3ccccc32)cc1OC. The Labute approximate surface area is 163 Å². The second-order valence-corrected chi connectivity index (χ2v) is 6.57. The maximum absolute atomic E-state index is 12.8. The number of ether oxygens (including phenoxy) is 2. The van der Waals surface area contributed by atoms with E-state index in [1.54, 1.807) is 49.0 Å². The molecule has 3 rings (SSSR count). The molecular weight excluding hydrogens is 358 g/mol. The van der Waals surface area contributed by atoms with Gasteiger partial charge in [-0.25, -0.2) is 0 Å². The minimum atomic E-state index is -0.159. The number of carbonyl (C=O) groups excluding carboxylic acids is 1. The third kappa shape index (κ3) is 3.83. The highest BCUT2D eigenvalue weighted by Gasteiger charge is 2.15. The second-order valence-electron chi connectivity index (χ2n) is 6.57. The number of benzene rings is 2. The summed E-state index contributed by atoms with van der Waals surface area (Å²) in [6.45, 7) is 2.43. The van der Waals surface area contributed by atoms with Gasteiger partial charge in [0.25, 0.3) is 0 Å². The first-order valence-corrected chi connectivity index (χ1v) is 8.85. The van der Waals surface area contributed by atoms with Crippen molar-refractivity contribution in [2.45, 2.75) is 20.0 Å². The molecule has 7 nitrogen and oxygen atoms in total. The molecule has 3 aromatic rings. The first kappa shape index (κ1) is 19.4. The van der Waals surface area contributed by atoms with Gasteiger partial charge in [-0.1, -0.05) is 12.1 Å². The van der Waals surface area contributed by atoms with Crippen molar-refractivity contribution in [1.29, 1.82) is 0 Å². The van der Waals surface area contributed by atoms with E-state index in [2.05, 4.69) is 5.10 Å². The van der Waals surface area contributed by atoms with Gasteiger partial charge in [0, 0.05) is 19.0 Å². The molecule has 1 heterocycles. The topological polar surface area (TPSA) is 73.7 Å². The van der Waals surface area contributed by atoms with Gasteiger partial charge in [-0.15, -0.1) is 0 Å². The standard InChI is InChI=1S/C21H23N3O4/c1-14-9-19(27-3)20(28-4)10-15(14)12-23(2)21(26)13-24-17-8-6-5-7-16(17)18(25)11-22-24/h5-11H,12-13H2,1-4H3. The van der Waals surface area contributed by atoms with Gasteiger partial charge >= 0.3 is 0 Å². The first-order chi connectivity index (χ1) is 13.4. The van der Waals surface area contributed by atoms with E-state index in [4.69, 9.17) is 9.47 Å². The smallest absolute Gasteiger partial charge is 0.244 e. The van der Waals surface area contributed by atoms with Crippen molar-refractivity contribution >= 4 is 16.8 Å². The van der Waals surface area contributed by atoms with Crippen LogP contribution >= 0.6 is 0 Å². The van der Waals surface area contributed by atoms with Crippen molar-refractivity contribution in [2.75, 3.05) is 21.3 Å². The van der Waals surface area contributed by atoms with Crippen molar-refractivity contribution in [3.8, 4) is 11.5 Å². The van der Waals surface area contributed by atoms with Crippen molar-refractivity contribution in [3.05, 3.63) is 63.9 Å². The van der Waals surface area contributed by atoms with Gasteiger partial charge in [0.15, 0.2) is 11.5 Å². The number of amides is 1. The van der Waals surface area contributed by atoms with Crippen LogP contribution < -0.4 is 14.9 Å². The zero-order chi connectivity index (χ0) is 20.3. The molecular formula is C21H23N3O4. The summed E-state index contributed by atoms with van der Waals surface area (Å²) in [5.41, 5.74) is 2.45. The van der Waals surface area contributed by atoms with Crippen LogP contribution in [0, 0.1) is 6.92 Å². The maximum atomic E-state index is 12.8. The average molecular weight is 381 g/mol. The summed E-state index contributed by atoms with van der Waals surface area (Å²) < 4.78 is 12.2. The summed E-state index contributed by atoms with van der Waals surface area (Å²) in [4.78, 5) is 26.3. The molecule has 0 spiro atoms. The van der Waals surface area contributed by atoms with Crippen LogP contribution in [0.4, 0.5) is 0 Å². The molecule has 0 unspecified atom stereocenters. The fraction of sp³-hybridized carbons (Fsp3) is 0.286. The maximum Gasteiger partial charge on any atom is 0.244 e. The molecule has 0 atom stereocenters. The van der Waals surface area contributed by atoms with E-state index in [0.29, 0.717) is 28.9 Å². The van der Waals surface area contributed by atoms with Gasteiger partial charge in [0.05, 0.1) is 25.9 Å². The van der Waals surface area contributed by atoms with Gasteiger partial charge in [-0.3, -0.25) is 14.3 Å². The third-order valence-corrected chi connectivity index (χ3v) is 4.72. The predicted molar refractivity (Wildman–Crippen MR) is 107 cm³/mol. The first-order valence-electron chi connectivity index (χ1n) is 8.85. The van der Waals surface area contributed by atoms with Gasteiger partial charge in [-0.2, -0.15) is 5.10 Å². The molecule has 0 bridgehead atoms. The molecule has 1 amide bonds. The number of carbonyl (C=O) groups is 1. The summed E-state index contributed by atoms with van der Waals surface area (Å²) >= 11 is 0. The number of hydrogen-bond acceptors (Lipinski definition) is 5. The van der Waals surface area contributed by atoms with Gasteiger partial charge in [0.2, 0.25) is 11.3 Å². The number of aromatic nitrogens is 2.